The van der Waals surface area contributed by atoms with Gasteiger partial charge in [0.15, 0.2) is 0 Å². The van der Waals surface area contributed by atoms with Gasteiger partial charge in [0.2, 0.25) is 0 Å². The van der Waals surface area contributed by atoms with Crippen molar-refractivity contribution in [2.24, 2.45) is 0 Å². The van der Waals surface area contributed by atoms with Gasteiger partial charge in [-0.15, -0.1) is 0 Å². The lowest BCUT2D eigenvalue weighted by Crippen LogP contribution is -2.29. The number of nitrogens with one attached hydrogen (secondary N) is 2. The number of carbonyl (C=O) groups excluding carboxylic acids is 1. The predicted molar refractivity (Wildman–Crippen MR) is 93.0 cm³/mol. The number of ether oxygens (including phenoxy) is 2. The molecule has 2 N–H and O–H groups in total. The van der Waals surface area contributed by atoms with Crippen LogP contribution in [0.5, 0.6) is 0 Å². The Morgan fingerprint density at radius 1 is 1.13 bits per heavy atom. The highest BCUT2D eigenvalue weighted by molar-refractivity contribution is 5.85. The molecule has 0 heterocycles. The van der Waals surface area contributed by atoms with Crippen LogP contribution in [-0.4, -0.2) is 30.9 Å². The Kier molecular flexibility index (Phi) is 5.88. The van der Waals surface area contributed by atoms with Crippen molar-refractivity contribution in [1.82, 2.24) is 0 Å². The topological polar surface area (TPSA) is 59.6 Å². The maximum atomic E-state index is 11.8. The van der Waals surface area contributed by atoms with Crippen molar-refractivity contribution in [3.63, 3.8) is 0 Å². The third-order valence-electron chi connectivity index (χ3n) is 3.89. The van der Waals surface area contributed by atoms with Gasteiger partial charge in [-0.2, -0.15) is 0 Å². The summed E-state index contributed by atoms with van der Waals surface area (Å²) < 4.78 is 10.7. The molecule has 1 aromatic carbocycles. The van der Waals surface area contributed by atoms with Crippen LogP contribution in [0.15, 0.2) is 24.3 Å². The van der Waals surface area contributed by atoms with E-state index in [-0.39, 0.29) is 0 Å². The van der Waals surface area contributed by atoms with Gasteiger partial charge in [-0.1, -0.05) is 6.07 Å². The smallest absolute Gasteiger partial charge is 0.412 e. The predicted octanol–water partition coefficient (Wildman–Crippen LogP) is 4.40. The highest BCUT2D eigenvalue weighted by Gasteiger charge is 2.21. The van der Waals surface area contributed by atoms with Crippen LogP contribution in [0.3, 0.4) is 0 Å². The van der Waals surface area contributed by atoms with Crippen LogP contribution in [0, 0.1) is 0 Å². The number of amides is 1. The van der Waals surface area contributed by atoms with Crippen LogP contribution >= 0.6 is 0 Å². The summed E-state index contributed by atoms with van der Waals surface area (Å²) >= 11 is 0. The largest absolute Gasteiger partial charge is 0.444 e. The van der Waals surface area contributed by atoms with Crippen molar-refractivity contribution in [2.75, 3.05) is 17.7 Å². The fourth-order valence-corrected chi connectivity index (χ4v) is 2.79. The molecule has 0 bridgehead atoms. The van der Waals surface area contributed by atoms with Crippen LogP contribution < -0.4 is 10.6 Å². The Balaban J connectivity index is 1.88. The third kappa shape index (κ3) is 6.10. The fourth-order valence-electron chi connectivity index (χ4n) is 2.79. The summed E-state index contributed by atoms with van der Waals surface area (Å²) in [4.78, 5) is 11.8. The normalized spacial score (nSPS) is 21.6. The van der Waals surface area contributed by atoms with Crippen molar-refractivity contribution in [3.8, 4) is 0 Å². The molecule has 0 radical (unpaired) electrons. The van der Waals surface area contributed by atoms with Crippen LogP contribution in [0.4, 0.5) is 16.2 Å². The zero-order chi connectivity index (χ0) is 16.9. The molecule has 0 atom stereocenters. The van der Waals surface area contributed by atoms with E-state index < -0.39 is 11.7 Å². The molecule has 5 heteroatoms. The first-order valence-corrected chi connectivity index (χ1v) is 8.25. The monoisotopic (exact) mass is 320 g/mol. The van der Waals surface area contributed by atoms with E-state index in [9.17, 15) is 4.79 Å². The molecule has 0 aliphatic heterocycles. The van der Waals surface area contributed by atoms with Crippen LogP contribution in [0.25, 0.3) is 0 Å². The van der Waals surface area contributed by atoms with E-state index in [1.54, 1.807) is 7.11 Å². The fraction of sp³-hybridized carbons (Fsp3) is 0.611. The van der Waals surface area contributed by atoms with E-state index in [4.69, 9.17) is 9.47 Å². The minimum Gasteiger partial charge on any atom is -0.444 e. The second-order valence-electron chi connectivity index (χ2n) is 7.06. The second-order valence-corrected chi connectivity index (χ2v) is 7.06. The first-order valence-electron chi connectivity index (χ1n) is 8.25. The molecule has 0 saturated heterocycles. The highest BCUT2D eigenvalue weighted by atomic mass is 16.6. The highest BCUT2D eigenvalue weighted by Crippen LogP contribution is 2.25. The molecular formula is C18H28N2O3. The minimum absolute atomic E-state index is 0.396. The van der Waals surface area contributed by atoms with E-state index in [1.165, 1.54) is 0 Å². The molecule has 1 aromatic rings. The van der Waals surface area contributed by atoms with Gasteiger partial charge in [-0.25, -0.2) is 4.79 Å². The lowest BCUT2D eigenvalue weighted by molar-refractivity contribution is 0.0635. The Morgan fingerprint density at radius 2 is 1.78 bits per heavy atom. The number of carbonyl (C=O) groups is 1. The van der Waals surface area contributed by atoms with Crippen LogP contribution in [-0.2, 0) is 9.47 Å². The molecule has 0 unspecified atom stereocenters. The maximum Gasteiger partial charge on any atom is 0.412 e. The van der Waals surface area contributed by atoms with E-state index in [0.29, 0.717) is 12.1 Å². The van der Waals surface area contributed by atoms with E-state index in [2.05, 4.69) is 10.6 Å². The molecule has 0 aromatic heterocycles. The van der Waals surface area contributed by atoms with Crippen molar-refractivity contribution in [2.45, 2.75) is 64.2 Å². The lowest BCUT2D eigenvalue weighted by atomic mass is 9.93. The quantitative estimate of drug-likeness (QED) is 0.863. The summed E-state index contributed by atoms with van der Waals surface area (Å²) in [6.45, 7) is 5.54. The van der Waals surface area contributed by atoms with Crippen molar-refractivity contribution >= 4 is 17.5 Å². The van der Waals surface area contributed by atoms with Crippen molar-refractivity contribution in [3.05, 3.63) is 24.3 Å². The lowest BCUT2D eigenvalue weighted by Gasteiger charge is -2.29. The Morgan fingerprint density at radius 3 is 2.39 bits per heavy atom. The van der Waals surface area contributed by atoms with Gasteiger partial charge in [0.05, 0.1) is 6.10 Å². The first kappa shape index (κ1) is 17.6. The number of hydrogen-bond donors (Lipinski definition) is 2. The summed E-state index contributed by atoms with van der Waals surface area (Å²) in [5.41, 5.74) is 1.24. The SMILES string of the molecule is COC1CCC(Nc2cccc(NC(=O)OC(C)(C)C)c2)CC1. The molecule has 1 aliphatic rings. The maximum absolute atomic E-state index is 11.8. The van der Waals surface area contributed by atoms with Gasteiger partial charge >= 0.3 is 6.09 Å². The number of rotatable bonds is 4. The molecule has 0 spiro atoms. The summed E-state index contributed by atoms with van der Waals surface area (Å²) in [5, 5.41) is 6.31. The Labute approximate surface area is 138 Å². The molecule has 1 aliphatic carbocycles. The van der Waals surface area contributed by atoms with E-state index in [1.807, 2.05) is 45.0 Å². The summed E-state index contributed by atoms with van der Waals surface area (Å²) in [6, 6.07) is 8.19. The average molecular weight is 320 g/mol. The van der Waals surface area contributed by atoms with Gasteiger partial charge in [0.1, 0.15) is 5.60 Å². The minimum atomic E-state index is -0.500. The molecule has 2 rings (SSSR count). The third-order valence-corrected chi connectivity index (χ3v) is 3.89. The zero-order valence-electron chi connectivity index (χ0n) is 14.5. The zero-order valence-corrected chi connectivity index (χ0v) is 14.5. The molecule has 23 heavy (non-hydrogen) atoms. The summed E-state index contributed by atoms with van der Waals surface area (Å²) in [7, 11) is 1.78. The number of methoxy groups -OCH3 is 1. The molecule has 5 nitrogen and oxygen atoms in total. The number of benzene rings is 1. The van der Waals surface area contributed by atoms with Crippen molar-refractivity contribution < 1.29 is 14.3 Å². The number of anilines is 2. The summed E-state index contributed by atoms with van der Waals surface area (Å²) in [6.07, 6.45) is 4.34. The molecule has 1 amide bonds. The molecule has 1 saturated carbocycles. The van der Waals surface area contributed by atoms with Gasteiger partial charge < -0.3 is 14.8 Å². The van der Waals surface area contributed by atoms with Gasteiger partial charge in [-0.3, -0.25) is 5.32 Å². The standard InChI is InChI=1S/C18H28N2O3/c1-18(2,3)23-17(21)20-15-7-5-6-14(12-15)19-13-8-10-16(22-4)11-9-13/h5-7,12-13,16,19H,8-11H2,1-4H3,(H,20,21). The van der Waals surface area contributed by atoms with Crippen LogP contribution in [0.2, 0.25) is 0 Å². The second kappa shape index (κ2) is 7.68. The van der Waals surface area contributed by atoms with Crippen molar-refractivity contribution in [1.29, 1.82) is 0 Å². The van der Waals surface area contributed by atoms with Crippen LogP contribution in [0.1, 0.15) is 46.5 Å². The Bertz CT molecular complexity index is 517. The van der Waals surface area contributed by atoms with E-state index >= 15 is 0 Å². The van der Waals surface area contributed by atoms with Gasteiger partial charge in [-0.05, 0) is 64.7 Å². The first-order chi connectivity index (χ1) is 10.9. The average Bonchev–Trinajstić information content (AvgIpc) is 2.46. The Hall–Kier alpha value is -1.75. The molecule has 1 fully saturated rings. The van der Waals surface area contributed by atoms with Gasteiger partial charge in [0, 0.05) is 24.5 Å². The van der Waals surface area contributed by atoms with E-state index in [0.717, 1.165) is 37.1 Å². The molecular weight excluding hydrogens is 292 g/mol. The summed E-state index contributed by atoms with van der Waals surface area (Å²) in [5.74, 6) is 0. The molecule has 128 valence electrons. The van der Waals surface area contributed by atoms with Gasteiger partial charge in [0.25, 0.3) is 0 Å². The number of hydrogen-bond acceptors (Lipinski definition) is 4.